The highest BCUT2D eigenvalue weighted by Crippen LogP contribution is 2.36. The van der Waals surface area contributed by atoms with Crippen molar-refractivity contribution in [2.45, 2.75) is 120 Å². The van der Waals surface area contributed by atoms with E-state index in [0.717, 1.165) is 51.4 Å². The molecule has 3 fully saturated rings. The lowest BCUT2D eigenvalue weighted by Crippen LogP contribution is -2.60. The first-order valence-electron chi connectivity index (χ1n) is 14.1. The molecule has 5 N–H and O–H groups in total. The van der Waals surface area contributed by atoms with Gasteiger partial charge in [0.05, 0.1) is 6.04 Å². The van der Waals surface area contributed by atoms with Gasteiger partial charge in [-0.2, -0.15) is 0 Å². The number of carbonyl (C=O) groups excluding carboxylic acids is 4. The van der Waals surface area contributed by atoms with Crippen LogP contribution in [0.1, 0.15) is 85.0 Å². The van der Waals surface area contributed by atoms with Crippen molar-refractivity contribution in [2.75, 3.05) is 6.54 Å². The summed E-state index contributed by atoms with van der Waals surface area (Å²) >= 11 is 12.6. The third-order valence-corrected chi connectivity index (χ3v) is 8.84. The molecule has 0 aromatic rings. The van der Waals surface area contributed by atoms with E-state index in [4.69, 9.17) is 33.7 Å². The first kappa shape index (κ1) is 31.7. The second kappa shape index (κ2) is 13.7. The van der Waals surface area contributed by atoms with E-state index >= 15 is 0 Å². The zero-order chi connectivity index (χ0) is 28.9. The maximum Gasteiger partial charge on any atom is 0.408 e. The fraction of sp³-hybridized carbons (Fsp3) is 0.852. The molecule has 3 rings (SSSR count). The van der Waals surface area contributed by atoms with Crippen LogP contribution in [-0.2, 0) is 19.1 Å². The van der Waals surface area contributed by atoms with Gasteiger partial charge in [-0.05, 0) is 58.3 Å². The number of amides is 4. The highest BCUT2D eigenvalue weighted by Gasteiger charge is 2.48. The Bertz CT molecular complexity index is 888. The predicted octanol–water partition coefficient (Wildman–Crippen LogP) is 3.00. The quantitative estimate of drug-likeness (QED) is 0.287. The molecule has 12 heteroatoms. The maximum atomic E-state index is 14.1. The van der Waals surface area contributed by atoms with Crippen molar-refractivity contribution >= 4 is 47.0 Å². The number of likely N-dealkylation sites (tertiary alicyclic amines) is 1. The molecule has 0 spiro atoms. The fourth-order valence-corrected chi connectivity index (χ4v) is 6.47. The third-order valence-electron chi connectivity index (χ3n) is 8.19. The molecule has 1 heterocycles. The Morgan fingerprint density at radius 2 is 1.64 bits per heavy atom. The minimum absolute atomic E-state index is 0.104. The number of primary amides is 1. The number of aliphatic hydroxyl groups excluding tert-OH is 1. The standard InChI is InChI=1S/C27H44Cl2N4O6/c1-27(2,3)39-26(38)32-19(16-10-5-4-6-11-16)25(37)33-13-12-17(22(28)29)20(33)24(36)31-18(21(34)23(30)35)14-15-8-7-9-15/h15-22,34H,4-14H2,1-3H3,(H2,30,35)(H,31,36)(H,32,38)/t17-,18?,19-,20-,21?/m0/s1. The lowest BCUT2D eigenvalue weighted by atomic mass is 9.79. The molecule has 0 radical (unpaired) electrons. The predicted molar refractivity (Wildman–Crippen MR) is 148 cm³/mol. The average molecular weight is 592 g/mol. The van der Waals surface area contributed by atoms with Crippen molar-refractivity contribution < 1.29 is 29.0 Å². The summed E-state index contributed by atoms with van der Waals surface area (Å²) in [6, 6.07) is -2.80. The van der Waals surface area contributed by atoms with Gasteiger partial charge in [-0.3, -0.25) is 14.4 Å². The molecule has 1 aliphatic heterocycles. The van der Waals surface area contributed by atoms with Crippen LogP contribution in [0.4, 0.5) is 4.79 Å². The molecule has 39 heavy (non-hydrogen) atoms. The number of halogens is 2. The second-order valence-corrected chi connectivity index (χ2v) is 13.4. The maximum absolute atomic E-state index is 14.1. The summed E-state index contributed by atoms with van der Waals surface area (Å²) in [5.74, 6) is -2.28. The van der Waals surface area contributed by atoms with Gasteiger partial charge in [-0.25, -0.2) is 4.79 Å². The number of hydrogen-bond acceptors (Lipinski definition) is 6. The lowest BCUT2D eigenvalue weighted by molar-refractivity contribution is -0.143. The number of carbonyl (C=O) groups is 4. The van der Waals surface area contributed by atoms with Gasteiger partial charge < -0.3 is 31.1 Å². The van der Waals surface area contributed by atoms with Crippen LogP contribution in [-0.4, -0.2) is 75.0 Å². The van der Waals surface area contributed by atoms with Gasteiger partial charge in [0.15, 0.2) is 6.10 Å². The Kier molecular flexibility index (Phi) is 11.2. The fourth-order valence-electron chi connectivity index (χ4n) is 5.95. The number of rotatable bonds is 10. The Labute approximate surface area is 241 Å². The van der Waals surface area contributed by atoms with Crippen molar-refractivity contribution in [3.8, 4) is 0 Å². The van der Waals surface area contributed by atoms with E-state index in [0.29, 0.717) is 12.8 Å². The number of ether oxygens (including phenoxy) is 1. The van der Waals surface area contributed by atoms with Crippen LogP contribution in [0, 0.1) is 17.8 Å². The third kappa shape index (κ3) is 8.60. The van der Waals surface area contributed by atoms with Gasteiger partial charge in [0.1, 0.15) is 22.5 Å². The van der Waals surface area contributed by atoms with Crippen molar-refractivity contribution in [1.29, 1.82) is 0 Å². The number of nitrogens with two attached hydrogens (primary N) is 1. The summed E-state index contributed by atoms with van der Waals surface area (Å²) in [6.45, 7) is 5.47. The Morgan fingerprint density at radius 1 is 1.00 bits per heavy atom. The molecule has 4 amide bonds. The van der Waals surface area contributed by atoms with Crippen LogP contribution < -0.4 is 16.4 Å². The molecule has 222 valence electrons. The van der Waals surface area contributed by atoms with Gasteiger partial charge in [-0.1, -0.05) is 38.5 Å². The van der Waals surface area contributed by atoms with E-state index in [1.807, 2.05) is 0 Å². The van der Waals surface area contributed by atoms with E-state index < -0.39 is 64.4 Å². The molecule has 0 aromatic heterocycles. The number of nitrogens with zero attached hydrogens (tertiary/aromatic N) is 1. The molecule has 0 aromatic carbocycles. The molecule has 2 saturated carbocycles. The van der Waals surface area contributed by atoms with Gasteiger partial charge in [0, 0.05) is 12.5 Å². The van der Waals surface area contributed by atoms with E-state index in [2.05, 4.69) is 10.6 Å². The summed E-state index contributed by atoms with van der Waals surface area (Å²) < 4.78 is 5.45. The highest BCUT2D eigenvalue weighted by molar-refractivity contribution is 6.44. The number of alkyl halides is 2. The molecule has 10 nitrogen and oxygen atoms in total. The van der Waals surface area contributed by atoms with Crippen LogP contribution in [0.2, 0.25) is 0 Å². The smallest absolute Gasteiger partial charge is 0.408 e. The molecule has 3 aliphatic rings. The zero-order valence-corrected chi connectivity index (χ0v) is 24.7. The van der Waals surface area contributed by atoms with Crippen LogP contribution in [0.3, 0.4) is 0 Å². The minimum Gasteiger partial charge on any atom is -0.444 e. The molecule has 5 atom stereocenters. The monoisotopic (exact) mass is 590 g/mol. The van der Waals surface area contributed by atoms with Crippen LogP contribution in [0.15, 0.2) is 0 Å². The Morgan fingerprint density at radius 3 is 2.15 bits per heavy atom. The van der Waals surface area contributed by atoms with Crippen LogP contribution in [0.5, 0.6) is 0 Å². The Hall–Kier alpha value is -1.78. The number of nitrogens with one attached hydrogen (secondary N) is 2. The topological polar surface area (TPSA) is 151 Å². The summed E-state index contributed by atoms with van der Waals surface area (Å²) in [5.41, 5.74) is 4.62. The summed E-state index contributed by atoms with van der Waals surface area (Å²) in [6.07, 6.45) is 5.94. The molecule has 1 saturated heterocycles. The highest BCUT2D eigenvalue weighted by atomic mass is 35.5. The van der Waals surface area contributed by atoms with Gasteiger partial charge in [-0.15, -0.1) is 23.2 Å². The average Bonchev–Trinajstić information content (AvgIpc) is 3.28. The Balaban J connectivity index is 1.84. The van der Waals surface area contributed by atoms with E-state index in [-0.39, 0.29) is 18.4 Å². The van der Waals surface area contributed by atoms with Gasteiger partial charge >= 0.3 is 6.09 Å². The molecular formula is C27H44Cl2N4O6. The summed E-state index contributed by atoms with van der Waals surface area (Å²) in [4.78, 5) is 52.8. The first-order valence-corrected chi connectivity index (χ1v) is 15.0. The van der Waals surface area contributed by atoms with Crippen LogP contribution >= 0.6 is 23.2 Å². The van der Waals surface area contributed by atoms with Gasteiger partial charge in [0.25, 0.3) is 0 Å². The van der Waals surface area contributed by atoms with Crippen molar-refractivity contribution in [3.05, 3.63) is 0 Å². The number of alkyl carbamates (subject to hydrolysis) is 1. The molecule has 2 unspecified atom stereocenters. The lowest BCUT2D eigenvalue weighted by Gasteiger charge is -2.37. The summed E-state index contributed by atoms with van der Waals surface area (Å²) in [7, 11) is 0. The normalized spacial score (nSPS) is 24.9. The van der Waals surface area contributed by atoms with Crippen molar-refractivity contribution in [1.82, 2.24) is 15.5 Å². The molecule has 0 bridgehead atoms. The van der Waals surface area contributed by atoms with Crippen molar-refractivity contribution in [2.24, 2.45) is 23.5 Å². The largest absolute Gasteiger partial charge is 0.444 e. The number of aliphatic hydroxyl groups is 1. The van der Waals surface area contributed by atoms with E-state index in [1.165, 1.54) is 4.90 Å². The SMILES string of the molecule is CC(C)(C)OC(=O)N[C@H](C(=O)N1CC[C@H](C(Cl)Cl)[C@H]1C(=O)NC(CC1CCC1)C(O)C(N)=O)C1CCCCC1. The van der Waals surface area contributed by atoms with Crippen molar-refractivity contribution in [3.63, 3.8) is 0 Å². The molecular weight excluding hydrogens is 547 g/mol. The zero-order valence-electron chi connectivity index (χ0n) is 23.2. The first-order chi connectivity index (χ1) is 18.3. The molecule has 2 aliphatic carbocycles. The van der Waals surface area contributed by atoms with Gasteiger partial charge in [0.2, 0.25) is 17.7 Å². The van der Waals surface area contributed by atoms with Crippen LogP contribution in [0.25, 0.3) is 0 Å². The summed E-state index contributed by atoms with van der Waals surface area (Å²) in [5, 5.41) is 16.0. The van der Waals surface area contributed by atoms with E-state index in [9.17, 15) is 24.3 Å². The number of hydrogen-bond donors (Lipinski definition) is 4. The minimum atomic E-state index is -1.56. The second-order valence-electron chi connectivity index (χ2n) is 12.3. The van der Waals surface area contributed by atoms with E-state index in [1.54, 1.807) is 20.8 Å².